The molecule has 0 radical (unpaired) electrons. The maximum absolute atomic E-state index is 13.4. The average molecular weight is 243 g/mol. The lowest BCUT2D eigenvalue weighted by molar-refractivity contribution is 0.566. The molecular weight excluding hydrogens is 224 g/mol. The predicted molar refractivity (Wildman–Crippen MR) is 66.3 cm³/mol. The van der Waals surface area contributed by atoms with E-state index >= 15 is 0 Å². The highest BCUT2D eigenvalue weighted by molar-refractivity contribution is 5.47. The molecule has 1 heterocycles. The number of hydrogen-bond acceptors (Lipinski definition) is 3. The molecule has 0 saturated heterocycles. The molecule has 3 nitrogen and oxygen atoms in total. The van der Waals surface area contributed by atoms with Crippen LogP contribution in [0.25, 0.3) is 0 Å². The molecule has 0 aromatic carbocycles. The maximum atomic E-state index is 13.4. The zero-order valence-electron chi connectivity index (χ0n) is 10.5. The molecule has 1 atom stereocenters. The number of halogens is 2. The summed E-state index contributed by atoms with van der Waals surface area (Å²) in [5.74, 6) is -0.724. The molecule has 0 aliphatic carbocycles. The van der Waals surface area contributed by atoms with E-state index in [4.69, 9.17) is 0 Å². The number of anilines is 2. The van der Waals surface area contributed by atoms with E-state index in [0.717, 1.165) is 12.5 Å². The van der Waals surface area contributed by atoms with Crippen molar-refractivity contribution in [3.8, 4) is 0 Å². The number of rotatable bonds is 6. The van der Waals surface area contributed by atoms with Crippen molar-refractivity contribution in [1.29, 1.82) is 0 Å². The third kappa shape index (κ3) is 3.84. The van der Waals surface area contributed by atoms with E-state index in [1.807, 2.05) is 6.92 Å². The third-order valence-corrected chi connectivity index (χ3v) is 2.59. The highest BCUT2D eigenvalue weighted by Crippen LogP contribution is 2.19. The van der Waals surface area contributed by atoms with E-state index in [1.54, 1.807) is 0 Å². The van der Waals surface area contributed by atoms with Crippen LogP contribution in [-0.2, 0) is 0 Å². The number of nitrogens with zero attached hydrogens (tertiary/aromatic N) is 1. The van der Waals surface area contributed by atoms with Gasteiger partial charge in [-0.25, -0.2) is 13.8 Å². The van der Waals surface area contributed by atoms with Crippen LogP contribution < -0.4 is 10.6 Å². The van der Waals surface area contributed by atoms with Gasteiger partial charge < -0.3 is 10.6 Å². The fourth-order valence-electron chi connectivity index (χ4n) is 1.30. The number of nitrogens with one attached hydrogen (secondary N) is 2. The molecule has 1 aromatic heterocycles. The quantitative estimate of drug-likeness (QED) is 0.805. The summed E-state index contributed by atoms with van der Waals surface area (Å²) < 4.78 is 26.7. The molecule has 1 rings (SSSR count). The first-order valence-corrected chi connectivity index (χ1v) is 5.92. The van der Waals surface area contributed by atoms with E-state index in [2.05, 4.69) is 29.5 Å². The van der Waals surface area contributed by atoms with Gasteiger partial charge in [-0.2, -0.15) is 0 Å². The zero-order valence-corrected chi connectivity index (χ0v) is 10.5. The molecule has 5 heteroatoms. The number of pyridine rings is 1. The third-order valence-electron chi connectivity index (χ3n) is 2.59. The Kier molecular flexibility index (Phi) is 5.12. The molecule has 96 valence electrons. The normalized spacial score (nSPS) is 12.3. The first-order valence-electron chi connectivity index (χ1n) is 5.92. The van der Waals surface area contributed by atoms with Crippen molar-refractivity contribution in [2.24, 2.45) is 5.92 Å². The molecule has 0 spiro atoms. The molecule has 0 fully saturated rings. The van der Waals surface area contributed by atoms with Gasteiger partial charge in [-0.15, -0.1) is 0 Å². The molecule has 0 saturated carbocycles. The smallest absolute Gasteiger partial charge is 0.168 e. The second kappa shape index (κ2) is 6.37. The SMILES string of the molecule is CCNc1nc(NCC(C)CC)c(F)cc1F. The summed E-state index contributed by atoms with van der Waals surface area (Å²) in [5.41, 5.74) is 0. The Morgan fingerprint density at radius 1 is 1.18 bits per heavy atom. The molecule has 1 aromatic rings. The van der Waals surface area contributed by atoms with E-state index in [1.165, 1.54) is 0 Å². The van der Waals surface area contributed by atoms with Crippen LogP contribution in [0.15, 0.2) is 6.07 Å². The molecule has 1 unspecified atom stereocenters. The minimum atomic E-state index is -0.668. The summed E-state index contributed by atoms with van der Waals surface area (Å²) in [5, 5.41) is 5.65. The van der Waals surface area contributed by atoms with Crippen LogP contribution in [0.3, 0.4) is 0 Å². The Labute approximate surface area is 101 Å². The topological polar surface area (TPSA) is 37.0 Å². The van der Waals surface area contributed by atoms with Gasteiger partial charge >= 0.3 is 0 Å². The number of hydrogen-bond donors (Lipinski definition) is 2. The predicted octanol–water partition coefficient (Wildman–Crippen LogP) is 3.25. The van der Waals surface area contributed by atoms with Gasteiger partial charge in [0, 0.05) is 19.2 Å². The minimum absolute atomic E-state index is 0.0838. The van der Waals surface area contributed by atoms with Crippen molar-refractivity contribution in [2.75, 3.05) is 23.7 Å². The van der Waals surface area contributed by atoms with Crippen LogP contribution >= 0.6 is 0 Å². The van der Waals surface area contributed by atoms with Crippen molar-refractivity contribution in [3.63, 3.8) is 0 Å². The van der Waals surface area contributed by atoms with Gasteiger partial charge in [0.1, 0.15) is 0 Å². The lowest BCUT2D eigenvalue weighted by atomic mass is 10.1. The minimum Gasteiger partial charge on any atom is -0.368 e. The second-order valence-electron chi connectivity index (χ2n) is 4.07. The highest BCUT2D eigenvalue weighted by atomic mass is 19.1. The van der Waals surface area contributed by atoms with Crippen LogP contribution in [0.2, 0.25) is 0 Å². The highest BCUT2D eigenvalue weighted by Gasteiger charge is 2.11. The van der Waals surface area contributed by atoms with Gasteiger partial charge in [-0.05, 0) is 12.8 Å². The van der Waals surface area contributed by atoms with Gasteiger partial charge in [-0.3, -0.25) is 0 Å². The zero-order chi connectivity index (χ0) is 12.8. The van der Waals surface area contributed by atoms with Crippen LogP contribution in [0.1, 0.15) is 27.2 Å². The first kappa shape index (κ1) is 13.7. The summed E-state index contributed by atoms with van der Waals surface area (Å²) in [4.78, 5) is 3.90. The van der Waals surface area contributed by atoms with Gasteiger partial charge in [-0.1, -0.05) is 20.3 Å². The maximum Gasteiger partial charge on any atom is 0.168 e. The van der Waals surface area contributed by atoms with E-state index in [9.17, 15) is 8.78 Å². The largest absolute Gasteiger partial charge is 0.368 e. The standard InChI is InChI=1S/C12H19F2N3/c1-4-8(3)7-16-12-10(14)6-9(13)11(17-12)15-5-2/h6,8H,4-5,7H2,1-3H3,(H2,15,16,17). The molecule has 0 amide bonds. The Balaban J connectivity index is 2.80. The second-order valence-corrected chi connectivity index (χ2v) is 4.07. The van der Waals surface area contributed by atoms with Crippen LogP contribution in [0, 0.1) is 17.6 Å². The van der Waals surface area contributed by atoms with Crippen molar-refractivity contribution in [3.05, 3.63) is 17.7 Å². The van der Waals surface area contributed by atoms with E-state index in [0.29, 0.717) is 19.0 Å². The Morgan fingerprint density at radius 3 is 2.29 bits per heavy atom. The summed E-state index contributed by atoms with van der Waals surface area (Å²) in [6.45, 7) is 7.11. The molecule has 17 heavy (non-hydrogen) atoms. The van der Waals surface area contributed by atoms with Crippen molar-refractivity contribution >= 4 is 11.6 Å². The molecule has 0 aliphatic rings. The van der Waals surface area contributed by atoms with Crippen LogP contribution in [0.5, 0.6) is 0 Å². The Bertz CT molecular complexity index is 369. The molecule has 0 aliphatic heterocycles. The van der Waals surface area contributed by atoms with Gasteiger partial charge in [0.25, 0.3) is 0 Å². The van der Waals surface area contributed by atoms with Gasteiger partial charge in [0.15, 0.2) is 23.3 Å². The lowest BCUT2D eigenvalue weighted by Crippen LogP contribution is -2.14. The average Bonchev–Trinajstić information content (AvgIpc) is 2.30. The summed E-state index contributed by atoms with van der Waals surface area (Å²) in [7, 11) is 0. The molecule has 2 N–H and O–H groups in total. The van der Waals surface area contributed by atoms with Crippen molar-refractivity contribution in [2.45, 2.75) is 27.2 Å². The molecular formula is C12H19F2N3. The van der Waals surface area contributed by atoms with Gasteiger partial charge in [0.2, 0.25) is 0 Å². The monoisotopic (exact) mass is 243 g/mol. The Morgan fingerprint density at radius 2 is 1.76 bits per heavy atom. The van der Waals surface area contributed by atoms with E-state index in [-0.39, 0.29) is 11.6 Å². The fraction of sp³-hybridized carbons (Fsp3) is 0.583. The van der Waals surface area contributed by atoms with E-state index < -0.39 is 11.6 Å². The van der Waals surface area contributed by atoms with Crippen LogP contribution in [-0.4, -0.2) is 18.1 Å². The fourth-order valence-corrected chi connectivity index (χ4v) is 1.30. The van der Waals surface area contributed by atoms with Crippen molar-refractivity contribution < 1.29 is 8.78 Å². The van der Waals surface area contributed by atoms with Gasteiger partial charge in [0.05, 0.1) is 0 Å². The lowest BCUT2D eigenvalue weighted by Gasteiger charge is -2.13. The van der Waals surface area contributed by atoms with Crippen LogP contribution in [0.4, 0.5) is 20.4 Å². The molecule has 0 bridgehead atoms. The summed E-state index contributed by atoms with van der Waals surface area (Å²) >= 11 is 0. The Hall–Kier alpha value is -1.39. The summed E-state index contributed by atoms with van der Waals surface area (Å²) in [6.07, 6.45) is 0.996. The summed E-state index contributed by atoms with van der Waals surface area (Å²) in [6, 6.07) is 0.851. The number of aromatic nitrogens is 1. The first-order chi connectivity index (χ1) is 8.08. The van der Waals surface area contributed by atoms with Crippen molar-refractivity contribution in [1.82, 2.24) is 4.98 Å².